The number of amides is 3. The Morgan fingerprint density at radius 3 is 2.47 bits per heavy atom. The first-order valence-electron chi connectivity index (χ1n) is 4.81. The molecular weight excluding hydrogens is 192 g/mol. The predicted molar refractivity (Wildman–Crippen MR) is 56.7 cm³/mol. The standard InChI is InChI=1S/C11H12N2O2/c1-7-5-3-4-6-9(7)13-10(14)8(2)12-11(13)15/h3-6,8H,1-2H3,(H,12,15). The zero-order valence-corrected chi connectivity index (χ0v) is 8.65. The molecule has 1 fully saturated rings. The molecule has 4 heteroatoms. The van der Waals surface area contributed by atoms with Crippen LogP contribution in [0.5, 0.6) is 0 Å². The van der Waals surface area contributed by atoms with Gasteiger partial charge in [0.2, 0.25) is 0 Å². The lowest BCUT2D eigenvalue weighted by Crippen LogP contribution is -2.31. The van der Waals surface area contributed by atoms with Crippen molar-refractivity contribution >= 4 is 17.6 Å². The number of anilines is 1. The zero-order chi connectivity index (χ0) is 11.0. The molecular formula is C11H12N2O2. The van der Waals surface area contributed by atoms with Crippen LogP contribution in [-0.2, 0) is 4.79 Å². The molecule has 1 aromatic rings. The molecule has 1 saturated heterocycles. The number of nitrogens with zero attached hydrogens (tertiary/aromatic N) is 1. The Hall–Kier alpha value is -1.84. The van der Waals surface area contributed by atoms with Crippen molar-refractivity contribution in [1.29, 1.82) is 0 Å². The predicted octanol–water partition coefficient (Wildman–Crippen LogP) is 1.44. The molecule has 0 aliphatic carbocycles. The van der Waals surface area contributed by atoms with E-state index in [1.54, 1.807) is 13.0 Å². The number of imide groups is 1. The summed E-state index contributed by atoms with van der Waals surface area (Å²) in [6.07, 6.45) is 0. The van der Waals surface area contributed by atoms with Gasteiger partial charge in [-0.1, -0.05) is 18.2 Å². The van der Waals surface area contributed by atoms with Gasteiger partial charge in [0.05, 0.1) is 5.69 Å². The number of carbonyl (C=O) groups is 2. The van der Waals surface area contributed by atoms with Crippen LogP contribution < -0.4 is 10.2 Å². The second kappa shape index (κ2) is 3.38. The Labute approximate surface area is 87.9 Å². The molecule has 0 spiro atoms. The molecule has 1 aliphatic heterocycles. The van der Waals surface area contributed by atoms with Gasteiger partial charge >= 0.3 is 6.03 Å². The van der Waals surface area contributed by atoms with E-state index in [1.165, 1.54) is 4.90 Å². The number of carbonyl (C=O) groups excluding carboxylic acids is 2. The fraction of sp³-hybridized carbons (Fsp3) is 0.273. The number of rotatable bonds is 1. The first-order valence-corrected chi connectivity index (χ1v) is 4.81. The molecule has 1 aliphatic rings. The Morgan fingerprint density at radius 1 is 1.27 bits per heavy atom. The average Bonchev–Trinajstić information content (AvgIpc) is 2.43. The van der Waals surface area contributed by atoms with E-state index in [0.29, 0.717) is 5.69 Å². The number of benzene rings is 1. The largest absolute Gasteiger partial charge is 0.329 e. The van der Waals surface area contributed by atoms with Crippen LogP contribution in [0, 0.1) is 6.92 Å². The molecule has 1 N–H and O–H groups in total. The van der Waals surface area contributed by atoms with Crippen LogP contribution in [0.1, 0.15) is 12.5 Å². The van der Waals surface area contributed by atoms with Crippen LogP contribution in [0.2, 0.25) is 0 Å². The van der Waals surface area contributed by atoms with Gasteiger partial charge in [0.25, 0.3) is 5.91 Å². The molecule has 0 saturated carbocycles. The Morgan fingerprint density at radius 2 is 1.93 bits per heavy atom. The topological polar surface area (TPSA) is 49.4 Å². The summed E-state index contributed by atoms with van der Waals surface area (Å²) >= 11 is 0. The van der Waals surface area contributed by atoms with Crippen molar-refractivity contribution in [3.05, 3.63) is 29.8 Å². The minimum atomic E-state index is -0.433. The minimum Gasteiger partial charge on any atom is -0.326 e. The lowest BCUT2D eigenvalue weighted by molar-refractivity contribution is -0.117. The van der Waals surface area contributed by atoms with Gasteiger partial charge in [-0.2, -0.15) is 0 Å². The molecule has 0 bridgehead atoms. The lowest BCUT2D eigenvalue weighted by atomic mass is 10.2. The molecule has 0 radical (unpaired) electrons. The van der Waals surface area contributed by atoms with Crippen molar-refractivity contribution in [1.82, 2.24) is 5.32 Å². The van der Waals surface area contributed by atoms with Crippen molar-refractivity contribution in [2.45, 2.75) is 19.9 Å². The van der Waals surface area contributed by atoms with E-state index in [4.69, 9.17) is 0 Å². The van der Waals surface area contributed by atoms with Gasteiger partial charge in [-0.15, -0.1) is 0 Å². The summed E-state index contributed by atoms with van der Waals surface area (Å²) in [5, 5.41) is 2.58. The highest BCUT2D eigenvalue weighted by Gasteiger charge is 2.36. The number of hydrogen-bond acceptors (Lipinski definition) is 2. The summed E-state index contributed by atoms with van der Waals surface area (Å²) < 4.78 is 0. The summed E-state index contributed by atoms with van der Waals surface area (Å²) in [5.41, 5.74) is 1.57. The van der Waals surface area contributed by atoms with Gasteiger partial charge in [0, 0.05) is 0 Å². The monoisotopic (exact) mass is 204 g/mol. The molecule has 2 rings (SSSR count). The maximum Gasteiger partial charge on any atom is 0.329 e. The van der Waals surface area contributed by atoms with Crippen molar-refractivity contribution in [2.75, 3.05) is 4.90 Å². The molecule has 1 heterocycles. The van der Waals surface area contributed by atoms with E-state index in [2.05, 4.69) is 5.32 Å². The van der Waals surface area contributed by atoms with Crippen LogP contribution in [-0.4, -0.2) is 18.0 Å². The second-order valence-corrected chi connectivity index (χ2v) is 3.63. The summed E-state index contributed by atoms with van der Waals surface area (Å²) in [7, 11) is 0. The van der Waals surface area contributed by atoms with Crippen LogP contribution in [0.25, 0.3) is 0 Å². The molecule has 3 amide bonds. The number of nitrogens with one attached hydrogen (secondary N) is 1. The number of para-hydroxylation sites is 1. The highest BCUT2D eigenvalue weighted by Crippen LogP contribution is 2.22. The van der Waals surface area contributed by atoms with Crippen molar-refractivity contribution in [2.24, 2.45) is 0 Å². The van der Waals surface area contributed by atoms with Crippen LogP contribution in [0.3, 0.4) is 0 Å². The summed E-state index contributed by atoms with van der Waals surface area (Å²) in [4.78, 5) is 24.4. The third kappa shape index (κ3) is 1.48. The van der Waals surface area contributed by atoms with Gasteiger partial charge in [0.15, 0.2) is 0 Å². The maximum atomic E-state index is 11.7. The molecule has 4 nitrogen and oxygen atoms in total. The number of urea groups is 1. The Kier molecular flexibility index (Phi) is 2.19. The fourth-order valence-electron chi connectivity index (χ4n) is 1.65. The van der Waals surface area contributed by atoms with E-state index in [9.17, 15) is 9.59 Å². The molecule has 78 valence electrons. The smallest absolute Gasteiger partial charge is 0.326 e. The summed E-state index contributed by atoms with van der Waals surface area (Å²) in [6.45, 7) is 3.55. The third-order valence-corrected chi connectivity index (χ3v) is 2.49. The second-order valence-electron chi connectivity index (χ2n) is 3.63. The molecule has 1 atom stereocenters. The Balaban J connectivity index is 2.44. The van der Waals surface area contributed by atoms with Crippen LogP contribution in [0.15, 0.2) is 24.3 Å². The van der Waals surface area contributed by atoms with Crippen LogP contribution in [0.4, 0.5) is 10.5 Å². The summed E-state index contributed by atoms with van der Waals surface area (Å²) in [5.74, 6) is -0.200. The van der Waals surface area contributed by atoms with Gasteiger partial charge in [-0.05, 0) is 25.5 Å². The van der Waals surface area contributed by atoms with Crippen molar-refractivity contribution in [3.63, 3.8) is 0 Å². The highest BCUT2D eigenvalue weighted by molar-refractivity contribution is 6.21. The molecule has 1 aromatic carbocycles. The normalized spacial score (nSPS) is 20.7. The fourth-order valence-corrected chi connectivity index (χ4v) is 1.65. The quantitative estimate of drug-likeness (QED) is 0.704. The first kappa shape index (κ1) is 9.71. The van der Waals surface area contributed by atoms with E-state index in [1.807, 2.05) is 25.1 Å². The van der Waals surface area contributed by atoms with Crippen molar-refractivity contribution < 1.29 is 9.59 Å². The maximum absolute atomic E-state index is 11.7. The average molecular weight is 204 g/mol. The van der Waals surface area contributed by atoms with Gasteiger partial charge in [0.1, 0.15) is 6.04 Å². The third-order valence-electron chi connectivity index (χ3n) is 2.49. The van der Waals surface area contributed by atoms with Gasteiger partial charge in [-0.3, -0.25) is 4.79 Å². The van der Waals surface area contributed by atoms with Gasteiger partial charge < -0.3 is 5.32 Å². The Bertz CT molecular complexity index is 428. The molecule has 1 unspecified atom stereocenters. The van der Waals surface area contributed by atoms with E-state index < -0.39 is 6.04 Å². The van der Waals surface area contributed by atoms with Gasteiger partial charge in [-0.25, -0.2) is 9.69 Å². The lowest BCUT2D eigenvalue weighted by Gasteiger charge is -2.14. The summed E-state index contributed by atoms with van der Waals surface area (Å²) in [6, 6.07) is 6.55. The number of aryl methyl sites for hydroxylation is 1. The van der Waals surface area contributed by atoms with Crippen molar-refractivity contribution in [3.8, 4) is 0 Å². The minimum absolute atomic E-state index is 0.200. The highest BCUT2D eigenvalue weighted by atomic mass is 16.2. The SMILES string of the molecule is Cc1ccccc1N1C(=O)NC(C)C1=O. The first-order chi connectivity index (χ1) is 7.11. The number of hydrogen-bond donors (Lipinski definition) is 1. The van der Waals surface area contributed by atoms with E-state index in [0.717, 1.165) is 5.56 Å². The zero-order valence-electron chi connectivity index (χ0n) is 8.65. The molecule has 15 heavy (non-hydrogen) atoms. The molecule has 0 aromatic heterocycles. The van der Waals surface area contributed by atoms with E-state index >= 15 is 0 Å². The van der Waals surface area contributed by atoms with Crippen LogP contribution >= 0.6 is 0 Å². The van der Waals surface area contributed by atoms with E-state index in [-0.39, 0.29) is 11.9 Å².